The van der Waals surface area contributed by atoms with Crippen LogP contribution in [-0.4, -0.2) is 47.5 Å². The molecule has 1 unspecified atom stereocenters. The largest absolute Gasteiger partial charge is 0.395 e. The van der Waals surface area contributed by atoms with Gasteiger partial charge in [0, 0.05) is 13.1 Å². The number of rotatable bonds is 9. The van der Waals surface area contributed by atoms with Gasteiger partial charge in [-0.15, -0.1) is 0 Å². The summed E-state index contributed by atoms with van der Waals surface area (Å²) < 4.78 is 0. The van der Waals surface area contributed by atoms with Crippen LogP contribution < -0.4 is 0 Å². The predicted molar refractivity (Wildman–Crippen MR) is 59.3 cm³/mol. The van der Waals surface area contributed by atoms with E-state index in [0.29, 0.717) is 13.1 Å². The highest BCUT2D eigenvalue weighted by Crippen LogP contribution is 2.01. The van der Waals surface area contributed by atoms with E-state index >= 15 is 0 Å². The maximum Gasteiger partial charge on any atom is 0.0664 e. The summed E-state index contributed by atoms with van der Waals surface area (Å²) in [4.78, 5) is 2.14. The van der Waals surface area contributed by atoms with Gasteiger partial charge in [0.05, 0.1) is 12.7 Å². The first-order valence-electron chi connectivity index (χ1n) is 5.75. The van der Waals surface area contributed by atoms with Crippen molar-refractivity contribution in [1.29, 1.82) is 0 Å². The Bertz CT molecular complexity index is 120. The summed E-state index contributed by atoms with van der Waals surface area (Å²) in [6.45, 7) is 6.71. The molecule has 86 valence electrons. The Hall–Kier alpha value is -0.120. The molecule has 0 saturated carbocycles. The Balaban J connectivity index is 3.65. The van der Waals surface area contributed by atoms with Crippen molar-refractivity contribution >= 4 is 0 Å². The van der Waals surface area contributed by atoms with Crippen molar-refractivity contribution in [1.82, 2.24) is 4.90 Å². The average Bonchev–Trinajstić information content (AvgIpc) is 2.18. The van der Waals surface area contributed by atoms with Crippen LogP contribution in [0.5, 0.6) is 0 Å². The van der Waals surface area contributed by atoms with Crippen LogP contribution in [0.3, 0.4) is 0 Å². The van der Waals surface area contributed by atoms with E-state index in [9.17, 15) is 5.11 Å². The van der Waals surface area contributed by atoms with E-state index in [1.54, 1.807) is 0 Å². The van der Waals surface area contributed by atoms with E-state index < -0.39 is 0 Å². The molecule has 0 aliphatic rings. The quantitative estimate of drug-likeness (QED) is 0.554. The molecule has 0 fully saturated rings. The molecule has 0 saturated heterocycles. The van der Waals surface area contributed by atoms with E-state index in [4.69, 9.17) is 5.11 Å². The maximum atomic E-state index is 9.49. The Morgan fingerprint density at radius 2 is 1.86 bits per heavy atom. The second-order valence-corrected chi connectivity index (χ2v) is 3.79. The van der Waals surface area contributed by atoms with Crippen LogP contribution in [0.1, 0.15) is 39.5 Å². The van der Waals surface area contributed by atoms with Crippen molar-refractivity contribution in [3.63, 3.8) is 0 Å². The Labute approximate surface area is 87.7 Å². The molecule has 0 aromatic rings. The Morgan fingerprint density at radius 1 is 1.14 bits per heavy atom. The lowest BCUT2D eigenvalue weighted by Gasteiger charge is -2.23. The van der Waals surface area contributed by atoms with Crippen LogP contribution in [0, 0.1) is 0 Å². The standard InChI is InChI=1S/C11H25NO2/c1-3-5-6-7-12(8-9-13)10-11(14)4-2/h11,13-14H,3-10H2,1-2H3. The maximum absolute atomic E-state index is 9.49. The van der Waals surface area contributed by atoms with Gasteiger partial charge in [0.25, 0.3) is 0 Å². The zero-order chi connectivity index (χ0) is 10.8. The first-order chi connectivity index (χ1) is 6.74. The Morgan fingerprint density at radius 3 is 2.36 bits per heavy atom. The fourth-order valence-electron chi connectivity index (χ4n) is 1.45. The van der Waals surface area contributed by atoms with Crippen LogP contribution in [0.25, 0.3) is 0 Å². The molecule has 0 aromatic carbocycles. The SMILES string of the molecule is CCCCCN(CCO)CC(O)CC. The number of nitrogens with zero attached hydrogens (tertiary/aromatic N) is 1. The molecule has 0 radical (unpaired) electrons. The van der Waals surface area contributed by atoms with Gasteiger partial charge >= 0.3 is 0 Å². The lowest BCUT2D eigenvalue weighted by molar-refractivity contribution is 0.0959. The topological polar surface area (TPSA) is 43.7 Å². The van der Waals surface area contributed by atoms with Crippen LogP contribution in [-0.2, 0) is 0 Å². The summed E-state index contributed by atoms with van der Waals surface area (Å²) in [6, 6.07) is 0. The molecular formula is C11H25NO2. The molecule has 0 aromatic heterocycles. The molecule has 0 aliphatic carbocycles. The smallest absolute Gasteiger partial charge is 0.0664 e. The number of unbranched alkanes of at least 4 members (excludes halogenated alkanes) is 2. The van der Waals surface area contributed by atoms with Gasteiger partial charge in [0.1, 0.15) is 0 Å². The minimum absolute atomic E-state index is 0.183. The third kappa shape index (κ3) is 7.30. The highest BCUT2D eigenvalue weighted by molar-refractivity contribution is 4.63. The molecule has 0 bridgehead atoms. The molecule has 0 rings (SSSR count). The van der Waals surface area contributed by atoms with Gasteiger partial charge in [-0.25, -0.2) is 0 Å². The Kier molecular flexibility index (Phi) is 9.35. The van der Waals surface area contributed by atoms with Crippen LogP contribution in [0.15, 0.2) is 0 Å². The highest BCUT2D eigenvalue weighted by atomic mass is 16.3. The van der Waals surface area contributed by atoms with Gasteiger partial charge in [0.15, 0.2) is 0 Å². The highest BCUT2D eigenvalue weighted by Gasteiger charge is 2.08. The van der Waals surface area contributed by atoms with Crippen molar-refractivity contribution in [2.45, 2.75) is 45.6 Å². The average molecular weight is 203 g/mol. The van der Waals surface area contributed by atoms with Crippen molar-refractivity contribution in [3.05, 3.63) is 0 Å². The summed E-state index contributed by atoms with van der Waals surface area (Å²) >= 11 is 0. The van der Waals surface area contributed by atoms with Gasteiger partial charge in [-0.3, -0.25) is 4.90 Å². The molecule has 0 aliphatic heterocycles. The first-order valence-corrected chi connectivity index (χ1v) is 5.75. The normalized spacial score (nSPS) is 13.5. The third-order valence-electron chi connectivity index (χ3n) is 2.43. The molecule has 3 nitrogen and oxygen atoms in total. The second kappa shape index (κ2) is 9.44. The van der Waals surface area contributed by atoms with Gasteiger partial charge in [0.2, 0.25) is 0 Å². The van der Waals surface area contributed by atoms with Crippen LogP contribution in [0.4, 0.5) is 0 Å². The third-order valence-corrected chi connectivity index (χ3v) is 2.43. The second-order valence-electron chi connectivity index (χ2n) is 3.79. The summed E-state index contributed by atoms with van der Waals surface area (Å²) in [7, 11) is 0. The minimum atomic E-state index is -0.247. The molecule has 0 spiro atoms. The van der Waals surface area contributed by atoms with Crippen molar-refractivity contribution in [3.8, 4) is 0 Å². The first kappa shape index (κ1) is 13.9. The van der Waals surface area contributed by atoms with Gasteiger partial charge in [-0.05, 0) is 19.4 Å². The van der Waals surface area contributed by atoms with Crippen molar-refractivity contribution in [2.75, 3.05) is 26.2 Å². The number of aliphatic hydroxyl groups excluding tert-OH is 2. The molecule has 1 atom stereocenters. The lowest BCUT2D eigenvalue weighted by Crippen LogP contribution is -2.35. The van der Waals surface area contributed by atoms with Gasteiger partial charge in [-0.1, -0.05) is 26.7 Å². The number of aliphatic hydroxyl groups is 2. The van der Waals surface area contributed by atoms with Crippen LogP contribution >= 0.6 is 0 Å². The molecule has 0 amide bonds. The number of hydrogen-bond acceptors (Lipinski definition) is 3. The van der Waals surface area contributed by atoms with Gasteiger partial charge in [-0.2, -0.15) is 0 Å². The summed E-state index contributed by atoms with van der Waals surface area (Å²) in [5.41, 5.74) is 0. The molecule has 2 N–H and O–H groups in total. The summed E-state index contributed by atoms with van der Waals surface area (Å²) in [6.07, 6.45) is 4.14. The van der Waals surface area contributed by atoms with E-state index in [2.05, 4.69) is 11.8 Å². The molecule has 3 heteroatoms. The fourth-order valence-corrected chi connectivity index (χ4v) is 1.45. The monoisotopic (exact) mass is 203 g/mol. The molecule has 14 heavy (non-hydrogen) atoms. The zero-order valence-electron chi connectivity index (χ0n) is 9.58. The van der Waals surface area contributed by atoms with Gasteiger partial charge < -0.3 is 10.2 Å². The lowest BCUT2D eigenvalue weighted by atomic mass is 10.2. The minimum Gasteiger partial charge on any atom is -0.395 e. The summed E-state index contributed by atoms with van der Waals surface area (Å²) in [5, 5.41) is 18.3. The van der Waals surface area contributed by atoms with Crippen LogP contribution in [0.2, 0.25) is 0 Å². The molecular weight excluding hydrogens is 178 g/mol. The zero-order valence-corrected chi connectivity index (χ0v) is 9.58. The predicted octanol–water partition coefficient (Wildman–Crippen LogP) is 1.24. The molecule has 0 heterocycles. The van der Waals surface area contributed by atoms with E-state index in [1.807, 2.05) is 6.92 Å². The van der Waals surface area contributed by atoms with E-state index in [1.165, 1.54) is 12.8 Å². The van der Waals surface area contributed by atoms with Crippen molar-refractivity contribution < 1.29 is 10.2 Å². The number of hydrogen-bond donors (Lipinski definition) is 2. The summed E-state index contributed by atoms with van der Waals surface area (Å²) in [5.74, 6) is 0. The van der Waals surface area contributed by atoms with Crippen molar-refractivity contribution in [2.24, 2.45) is 0 Å². The fraction of sp³-hybridized carbons (Fsp3) is 1.00. The van der Waals surface area contributed by atoms with E-state index in [-0.39, 0.29) is 12.7 Å². The van der Waals surface area contributed by atoms with E-state index in [0.717, 1.165) is 19.4 Å².